The molecule has 7 nitrogen and oxygen atoms in total. The van der Waals surface area contributed by atoms with E-state index in [-0.39, 0.29) is 5.56 Å². The van der Waals surface area contributed by atoms with Gasteiger partial charge in [-0.3, -0.25) is 14.7 Å². The summed E-state index contributed by atoms with van der Waals surface area (Å²) >= 11 is 5.43. The van der Waals surface area contributed by atoms with Gasteiger partial charge in [0.25, 0.3) is 5.56 Å². The van der Waals surface area contributed by atoms with Crippen LogP contribution in [0.25, 0.3) is 0 Å². The van der Waals surface area contributed by atoms with E-state index in [0.717, 1.165) is 41.4 Å². The van der Waals surface area contributed by atoms with Crippen LogP contribution in [0.4, 0.5) is 5.82 Å². The monoisotopic (exact) mass is 390 g/mol. The normalized spacial score (nSPS) is 13.7. The summed E-state index contributed by atoms with van der Waals surface area (Å²) in [4.78, 5) is 17.5. The molecule has 2 aromatic rings. The van der Waals surface area contributed by atoms with Gasteiger partial charge < -0.3 is 19.4 Å². The molecule has 146 valence electrons. The maximum absolute atomic E-state index is 12.4. The molecule has 1 aromatic heterocycles. The van der Waals surface area contributed by atoms with E-state index in [4.69, 9.17) is 21.7 Å². The minimum Gasteiger partial charge on any atom is -0.496 e. The first-order chi connectivity index (χ1) is 13.1. The lowest BCUT2D eigenvalue weighted by atomic mass is 10.1. The Labute approximate surface area is 163 Å². The number of hydrogen-bond donors (Lipinski definition) is 2. The molecule has 1 aliphatic rings. The number of benzene rings is 1. The molecule has 1 aromatic carbocycles. The van der Waals surface area contributed by atoms with Crippen LogP contribution in [0.2, 0.25) is 0 Å². The Kier molecular flexibility index (Phi) is 6.18. The Morgan fingerprint density at radius 3 is 2.52 bits per heavy atom. The Bertz CT molecular complexity index is 900. The number of methoxy groups -OCH3 is 2. The van der Waals surface area contributed by atoms with E-state index in [2.05, 4.69) is 22.1 Å². The second-order valence-electron chi connectivity index (χ2n) is 6.52. The molecule has 0 aliphatic carbocycles. The second kappa shape index (κ2) is 8.58. The van der Waals surface area contributed by atoms with Gasteiger partial charge in [-0.25, -0.2) is 0 Å². The fourth-order valence-electron chi connectivity index (χ4n) is 3.51. The molecule has 0 fully saturated rings. The molecule has 0 saturated carbocycles. The zero-order chi connectivity index (χ0) is 19.4. The molecule has 8 heteroatoms. The smallest absolute Gasteiger partial charge is 0.258 e. The highest BCUT2D eigenvalue weighted by Crippen LogP contribution is 2.29. The van der Waals surface area contributed by atoms with Gasteiger partial charge in [-0.15, -0.1) is 0 Å². The quantitative estimate of drug-likeness (QED) is 0.709. The van der Waals surface area contributed by atoms with E-state index in [1.807, 2.05) is 22.8 Å². The molecule has 0 unspecified atom stereocenters. The number of H-pyrrole nitrogens is 1. The van der Waals surface area contributed by atoms with Crippen molar-refractivity contribution >= 4 is 18.0 Å². The molecular formula is C19H26N4O3S. The van der Waals surface area contributed by atoms with Crippen LogP contribution in [0, 0.1) is 4.77 Å². The van der Waals surface area contributed by atoms with Crippen molar-refractivity contribution < 1.29 is 9.47 Å². The summed E-state index contributed by atoms with van der Waals surface area (Å²) in [5.74, 6) is 2.37. The largest absolute Gasteiger partial charge is 0.496 e. The minimum atomic E-state index is -0.116. The molecule has 3 rings (SSSR count). The number of aromatic amines is 1. The highest BCUT2D eigenvalue weighted by atomic mass is 32.1. The standard InChI is InChI=1S/C19H26N4O3S/c1-4-9-22-11-14-17(20-12-22)23(19(27)21-18(14)24)10-8-13-15(25-2)6-5-7-16(13)26-3/h5-7,20H,4,8-12H2,1-3H3,(H,21,24,27). The number of nitrogens with one attached hydrogen (secondary N) is 2. The van der Waals surface area contributed by atoms with E-state index < -0.39 is 0 Å². The average molecular weight is 391 g/mol. The van der Waals surface area contributed by atoms with E-state index in [0.29, 0.717) is 31.0 Å². The number of hydrogen-bond acceptors (Lipinski definition) is 6. The molecule has 1 aliphatic heterocycles. The lowest BCUT2D eigenvalue weighted by Crippen LogP contribution is -2.39. The number of rotatable bonds is 7. The van der Waals surface area contributed by atoms with E-state index in [9.17, 15) is 4.79 Å². The topological polar surface area (TPSA) is 71.5 Å². The van der Waals surface area contributed by atoms with Crippen molar-refractivity contribution in [3.63, 3.8) is 0 Å². The molecule has 0 atom stereocenters. The first-order valence-corrected chi connectivity index (χ1v) is 9.52. The minimum absolute atomic E-state index is 0.116. The fraction of sp³-hybridized carbons (Fsp3) is 0.474. The summed E-state index contributed by atoms with van der Waals surface area (Å²) in [6.45, 7) is 5.01. The van der Waals surface area contributed by atoms with Crippen molar-refractivity contribution in [2.75, 3.05) is 32.7 Å². The highest BCUT2D eigenvalue weighted by Gasteiger charge is 2.22. The predicted octanol–water partition coefficient (Wildman–Crippen LogP) is 2.76. The number of aromatic nitrogens is 2. The Morgan fingerprint density at radius 1 is 1.19 bits per heavy atom. The van der Waals surface area contributed by atoms with Crippen LogP contribution >= 0.6 is 12.2 Å². The average Bonchev–Trinajstić information content (AvgIpc) is 2.68. The summed E-state index contributed by atoms with van der Waals surface area (Å²) < 4.78 is 13.3. The maximum Gasteiger partial charge on any atom is 0.258 e. The van der Waals surface area contributed by atoms with Crippen LogP contribution in [0.3, 0.4) is 0 Å². The van der Waals surface area contributed by atoms with Gasteiger partial charge in [-0.1, -0.05) is 13.0 Å². The summed E-state index contributed by atoms with van der Waals surface area (Å²) in [6, 6.07) is 5.74. The van der Waals surface area contributed by atoms with Crippen molar-refractivity contribution in [1.82, 2.24) is 14.5 Å². The lowest BCUT2D eigenvalue weighted by molar-refractivity contribution is 0.271. The molecule has 0 radical (unpaired) electrons. The third kappa shape index (κ3) is 4.01. The van der Waals surface area contributed by atoms with Gasteiger partial charge >= 0.3 is 0 Å². The van der Waals surface area contributed by atoms with Crippen LogP contribution < -0.4 is 20.3 Å². The van der Waals surface area contributed by atoms with Crippen LogP contribution in [-0.4, -0.2) is 41.9 Å². The Hall–Kier alpha value is -2.32. The highest BCUT2D eigenvalue weighted by molar-refractivity contribution is 7.71. The second-order valence-corrected chi connectivity index (χ2v) is 6.90. The van der Waals surface area contributed by atoms with Crippen molar-refractivity contribution in [1.29, 1.82) is 0 Å². The first kappa shape index (κ1) is 19.4. The van der Waals surface area contributed by atoms with Gasteiger partial charge in [0.1, 0.15) is 17.3 Å². The van der Waals surface area contributed by atoms with Crippen LogP contribution in [0.15, 0.2) is 23.0 Å². The fourth-order valence-corrected chi connectivity index (χ4v) is 3.79. The Morgan fingerprint density at radius 2 is 1.89 bits per heavy atom. The summed E-state index contributed by atoms with van der Waals surface area (Å²) in [7, 11) is 3.30. The van der Waals surface area contributed by atoms with E-state index >= 15 is 0 Å². The lowest BCUT2D eigenvalue weighted by Gasteiger charge is -2.31. The van der Waals surface area contributed by atoms with Gasteiger partial charge in [0.15, 0.2) is 4.77 Å². The number of nitrogens with zero attached hydrogens (tertiary/aromatic N) is 2. The van der Waals surface area contributed by atoms with Gasteiger partial charge in [0, 0.05) is 18.7 Å². The third-order valence-corrected chi connectivity index (χ3v) is 5.12. The molecule has 2 N–H and O–H groups in total. The summed E-state index contributed by atoms with van der Waals surface area (Å²) in [5, 5.41) is 3.38. The molecule has 0 saturated heterocycles. The van der Waals surface area contributed by atoms with Crippen molar-refractivity contribution in [2.24, 2.45) is 0 Å². The van der Waals surface area contributed by atoms with Crippen LogP contribution in [-0.2, 0) is 19.5 Å². The predicted molar refractivity (Wildman–Crippen MR) is 108 cm³/mol. The number of anilines is 1. The zero-order valence-corrected chi connectivity index (χ0v) is 16.8. The molecule has 0 bridgehead atoms. The van der Waals surface area contributed by atoms with Crippen molar-refractivity contribution in [3.8, 4) is 11.5 Å². The SMILES string of the molecule is CCCN1CNc2c(c(=O)[nH]c(=S)n2CCc2c(OC)cccc2OC)C1. The maximum atomic E-state index is 12.4. The van der Waals surface area contributed by atoms with E-state index in [1.54, 1.807) is 14.2 Å². The summed E-state index contributed by atoms with van der Waals surface area (Å²) in [6.07, 6.45) is 1.71. The third-order valence-electron chi connectivity index (χ3n) is 4.80. The van der Waals surface area contributed by atoms with Gasteiger partial charge in [-0.05, 0) is 43.7 Å². The van der Waals surface area contributed by atoms with E-state index in [1.165, 1.54) is 0 Å². The summed E-state index contributed by atoms with van der Waals surface area (Å²) in [5.41, 5.74) is 1.59. The van der Waals surface area contributed by atoms with Gasteiger partial charge in [-0.2, -0.15) is 0 Å². The Balaban J connectivity index is 1.92. The zero-order valence-electron chi connectivity index (χ0n) is 16.0. The van der Waals surface area contributed by atoms with Crippen LogP contribution in [0.5, 0.6) is 11.5 Å². The molecule has 27 heavy (non-hydrogen) atoms. The molecular weight excluding hydrogens is 364 g/mol. The number of ether oxygens (including phenoxy) is 2. The van der Waals surface area contributed by atoms with Gasteiger partial charge in [0.05, 0.1) is 26.5 Å². The van der Waals surface area contributed by atoms with Crippen molar-refractivity contribution in [3.05, 3.63) is 44.5 Å². The first-order valence-electron chi connectivity index (χ1n) is 9.11. The molecule has 2 heterocycles. The van der Waals surface area contributed by atoms with Gasteiger partial charge in [0.2, 0.25) is 0 Å². The van der Waals surface area contributed by atoms with Crippen molar-refractivity contribution in [2.45, 2.75) is 32.9 Å². The number of fused-ring (bicyclic) bond motifs is 1. The molecule has 0 amide bonds. The molecule has 0 spiro atoms. The van der Waals surface area contributed by atoms with Crippen LogP contribution in [0.1, 0.15) is 24.5 Å².